The average Bonchev–Trinajstić information content (AvgIpc) is 3.23. The summed E-state index contributed by atoms with van der Waals surface area (Å²) in [4.78, 5) is 28.3. The molecule has 0 aliphatic carbocycles. The van der Waals surface area contributed by atoms with Crippen LogP contribution in [0.2, 0.25) is 10.0 Å². The Hall–Kier alpha value is -3.23. The van der Waals surface area contributed by atoms with E-state index in [2.05, 4.69) is 6.58 Å². The van der Waals surface area contributed by atoms with Crippen molar-refractivity contribution in [1.29, 1.82) is 0 Å². The molecule has 0 radical (unpaired) electrons. The second kappa shape index (κ2) is 11.6. The Bertz CT molecular complexity index is 1490. The molecule has 0 spiro atoms. The number of nitrogens with zero attached hydrogens (tertiary/aromatic N) is 1. The number of benzene rings is 3. The van der Waals surface area contributed by atoms with Gasteiger partial charge in [-0.05, 0) is 78.8 Å². The minimum atomic E-state index is -1.80. The van der Waals surface area contributed by atoms with Crippen LogP contribution in [0.5, 0.6) is 0 Å². The third-order valence-electron chi connectivity index (χ3n) is 8.19. The molecule has 3 aromatic rings. The van der Waals surface area contributed by atoms with Gasteiger partial charge in [0.15, 0.2) is 5.72 Å². The van der Waals surface area contributed by atoms with E-state index in [0.29, 0.717) is 39.9 Å². The molecule has 0 bridgehead atoms. The normalized spacial score (nSPS) is 20.5. The molecule has 3 atom stereocenters. The van der Waals surface area contributed by atoms with Gasteiger partial charge < -0.3 is 14.6 Å². The Balaban J connectivity index is 1.76. The molecule has 1 fully saturated rings. The number of aliphatic carboxylic acids is 1. The first-order chi connectivity index (χ1) is 19.6. The van der Waals surface area contributed by atoms with Crippen molar-refractivity contribution in [3.8, 4) is 0 Å². The first-order valence-electron chi connectivity index (χ1n) is 13.3. The summed E-state index contributed by atoms with van der Waals surface area (Å²) in [6.45, 7) is 6.92. The van der Waals surface area contributed by atoms with E-state index in [1.165, 1.54) is 25.0 Å². The summed E-state index contributed by atoms with van der Waals surface area (Å²) >= 11 is 12.3. The van der Waals surface area contributed by atoms with Gasteiger partial charge in [-0.1, -0.05) is 54.0 Å². The Kier molecular flexibility index (Phi) is 8.26. The summed E-state index contributed by atoms with van der Waals surface area (Å²) in [6.07, 6.45) is 1.50. The number of rotatable bonds is 8. The molecule has 0 aromatic heterocycles. The highest BCUT2D eigenvalue weighted by molar-refractivity contribution is 6.30. The van der Waals surface area contributed by atoms with Gasteiger partial charge in [0, 0.05) is 35.9 Å². The minimum Gasteiger partial charge on any atom is -0.481 e. The smallest absolute Gasteiger partial charge is 0.308 e. The lowest BCUT2D eigenvalue weighted by Gasteiger charge is -2.44. The van der Waals surface area contributed by atoms with E-state index < -0.39 is 35.4 Å². The van der Waals surface area contributed by atoms with Crippen molar-refractivity contribution >= 4 is 40.7 Å². The Morgan fingerprint density at radius 2 is 1.68 bits per heavy atom. The number of halogens is 3. The predicted molar refractivity (Wildman–Crippen MR) is 155 cm³/mol. The molecule has 0 saturated carbocycles. The number of methoxy groups -OCH3 is 1. The number of hydrogen-bond acceptors (Lipinski definition) is 4. The Labute approximate surface area is 248 Å². The molecule has 2 unspecified atom stereocenters. The van der Waals surface area contributed by atoms with Gasteiger partial charge in [-0.25, -0.2) is 4.39 Å². The largest absolute Gasteiger partial charge is 0.481 e. The Morgan fingerprint density at radius 3 is 2.24 bits per heavy atom. The molecule has 1 N–H and O–H groups in total. The van der Waals surface area contributed by atoms with Gasteiger partial charge in [0.1, 0.15) is 5.82 Å². The van der Waals surface area contributed by atoms with Crippen molar-refractivity contribution in [2.45, 2.75) is 31.5 Å². The first-order valence-corrected chi connectivity index (χ1v) is 14.1. The molecule has 41 heavy (non-hydrogen) atoms. The zero-order valence-electron chi connectivity index (χ0n) is 22.7. The second-order valence-electron chi connectivity index (χ2n) is 10.4. The highest BCUT2D eigenvalue weighted by Crippen LogP contribution is 2.52. The zero-order chi connectivity index (χ0) is 29.5. The summed E-state index contributed by atoms with van der Waals surface area (Å²) in [5.41, 5.74) is 0.459. The van der Waals surface area contributed by atoms with Crippen molar-refractivity contribution in [1.82, 2.24) is 4.90 Å². The summed E-state index contributed by atoms with van der Waals surface area (Å²) in [5.74, 6) is -3.37. The van der Waals surface area contributed by atoms with Crippen LogP contribution in [0.3, 0.4) is 0 Å². The molecule has 5 rings (SSSR count). The van der Waals surface area contributed by atoms with E-state index in [4.69, 9.17) is 32.7 Å². The minimum absolute atomic E-state index is 0.00685. The quantitative estimate of drug-likeness (QED) is 0.294. The standard InChI is InChI=1S/C32H30Cl2FNO5/c1-18(20-12-14-41-15-13-20)22-16-26-28(27(35)17-22)32(40-3,23-6-10-25(34)11-7-23)36(30(26)37)29(19(2)31(38)39)21-4-8-24(33)9-5-21/h4-11,16-17,19-20,29H,1,12-15H2,2-3H3,(H,38,39)/t19?,29?,32-/m1/s1. The van der Waals surface area contributed by atoms with Crippen molar-refractivity contribution in [2.24, 2.45) is 11.8 Å². The zero-order valence-corrected chi connectivity index (χ0v) is 24.2. The molecule has 3 aromatic carbocycles. The monoisotopic (exact) mass is 597 g/mol. The highest BCUT2D eigenvalue weighted by Gasteiger charge is 2.57. The fraction of sp³-hybridized carbons (Fsp3) is 0.312. The fourth-order valence-electron chi connectivity index (χ4n) is 6.04. The van der Waals surface area contributed by atoms with Crippen LogP contribution < -0.4 is 0 Å². The van der Waals surface area contributed by atoms with Gasteiger partial charge in [-0.2, -0.15) is 0 Å². The van der Waals surface area contributed by atoms with Gasteiger partial charge in [0.25, 0.3) is 5.91 Å². The van der Waals surface area contributed by atoms with E-state index in [1.54, 1.807) is 54.6 Å². The molecule has 2 heterocycles. The van der Waals surface area contributed by atoms with Gasteiger partial charge in [0.05, 0.1) is 23.1 Å². The maximum atomic E-state index is 16.5. The van der Waals surface area contributed by atoms with Crippen molar-refractivity contribution in [3.63, 3.8) is 0 Å². The van der Waals surface area contributed by atoms with Crippen molar-refractivity contribution < 1.29 is 28.6 Å². The molecule has 1 saturated heterocycles. The van der Waals surface area contributed by atoms with Crippen LogP contribution in [-0.4, -0.2) is 42.2 Å². The summed E-state index contributed by atoms with van der Waals surface area (Å²) in [6, 6.07) is 15.1. The lowest BCUT2D eigenvalue weighted by Crippen LogP contribution is -2.51. The van der Waals surface area contributed by atoms with Crippen molar-refractivity contribution in [3.05, 3.63) is 111 Å². The van der Waals surface area contributed by atoms with Crippen LogP contribution >= 0.6 is 23.2 Å². The summed E-state index contributed by atoms with van der Waals surface area (Å²) in [5, 5.41) is 11.1. The van der Waals surface area contributed by atoms with Crippen LogP contribution in [0.15, 0.2) is 67.2 Å². The SMILES string of the molecule is C=C(c1cc(F)c2c(c1)C(=O)N(C(c1ccc(Cl)cc1)C(C)C(=O)O)[C@@]2(OC)c1ccc(Cl)cc1)C1CCOCC1. The third kappa shape index (κ3) is 5.06. The number of carbonyl (C=O) groups excluding carboxylic acids is 1. The number of amides is 1. The van der Waals surface area contributed by atoms with Gasteiger partial charge in [-0.15, -0.1) is 0 Å². The number of hydrogen-bond donors (Lipinski definition) is 1. The molecular formula is C32H30Cl2FNO5. The van der Waals surface area contributed by atoms with Gasteiger partial charge in [-0.3, -0.25) is 14.5 Å². The number of carbonyl (C=O) groups is 2. The average molecular weight is 598 g/mol. The maximum absolute atomic E-state index is 16.5. The number of carboxylic acids is 1. The number of fused-ring (bicyclic) bond motifs is 1. The molecule has 214 valence electrons. The second-order valence-corrected chi connectivity index (χ2v) is 11.3. The first kappa shape index (κ1) is 29.3. The molecular weight excluding hydrogens is 568 g/mol. The van der Waals surface area contributed by atoms with E-state index >= 15 is 4.39 Å². The van der Waals surface area contributed by atoms with Gasteiger partial charge in [0.2, 0.25) is 0 Å². The van der Waals surface area contributed by atoms with Crippen LogP contribution in [0, 0.1) is 17.7 Å². The molecule has 9 heteroatoms. The Morgan fingerprint density at radius 1 is 1.10 bits per heavy atom. The lowest BCUT2D eigenvalue weighted by molar-refractivity contribution is -0.149. The summed E-state index contributed by atoms with van der Waals surface area (Å²) < 4.78 is 28.1. The van der Waals surface area contributed by atoms with Crippen molar-refractivity contribution in [2.75, 3.05) is 20.3 Å². The number of carboxylic acid groups (broad SMARTS) is 1. The van der Waals surface area contributed by atoms with Crippen LogP contribution in [0.1, 0.15) is 58.4 Å². The molecule has 2 aliphatic heterocycles. The predicted octanol–water partition coefficient (Wildman–Crippen LogP) is 7.34. The topological polar surface area (TPSA) is 76.1 Å². The van der Waals surface area contributed by atoms with Gasteiger partial charge >= 0.3 is 5.97 Å². The lowest BCUT2D eigenvalue weighted by atomic mass is 9.85. The summed E-state index contributed by atoms with van der Waals surface area (Å²) in [7, 11) is 1.38. The van der Waals surface area contributed by atoms with E-state index in [-0.39, 0.29) is 17.0 Å². The number of ether oxygens (including phenoxy) is 2. The van der Waals surface area contributed by atoms with E-state index in [0.717, 1.165) is 18.4 Å². The van der Waals surface area contributed by atoms with E-state index in [9.17, 15) is 14.7 Å². The third-order valence-corrected chi connectivity index (χ3v) is 8.69. The molecule has 6 nitrogen and oxygen atoms in total. The highest BCUT2D eigenvalue weighted by atomic mass is 35.5. The van der Waals surface area contributed by atoms with E-state index in [1.807, 2.05) is 0 Å². The van der Waals surface area contributed by atoms with Crippen LogP contribution in [0.25, 0.3) is 5.57 Å². The van der Waals surface area contributed by atoms with Crippen LogP contribution in [0.4, 0.5) is 4.39 Å². The molecule has 1 amide bonds. The fourth-order valence-corrected chi connectivity index (χ4v) is 6.29. The maximum Gasteiger partial charge on any atom is 0.308 e. The molecule has 2 aliphatic rings. The number of allylic oxidation sites excluding steroid dienone is 1. The van der Waals surface area contributed by atoms with Crippen LogP contribution in [-0.2, 0) is 20.0 Å².